The van der Waals surface area contributed by atoms with Gasteiger partial charge in [0.05, 0.1) is 7.05 Å². The predicted octanol–water partition coefficient (Wildman–Crippen LogP) is 1.00. The monoisotopic (exact) mass is 412 g/mol. The highest BCUT2D eigenvalue weighted by atomic mass is 16.5. The van der Waals surface area contributed by atoms with Gasteiger partial charge in [-0.05, 0) is 30.7 Å². The van der Waals surface area contributed by atoms with Crippen LogP contribution in [0.2, 0.25) is 0 Å². The van der Waals surface area contributed by atoms with Gasteiger partial charge >= 0.3 is 5.69 Å². The SMILES string of the molecule is C=CCOc1ccc(C[NH+](C)Cc2nc3c(c(=O)[nH]c(=O)n3CCCC)n2C)cc1. The van der Waals surface area contributed by atoms with Gasteiger partial charge in [0.15, 0.2) is 17.0 Å². The summed E-state index contributed by atoms with van der Waals surface area (Å²) in [6.45, 7) is 8.16. The van der Waals surface area contributed by atoms with Crippen LogP contribution >= 0.6 is 0 Å². The highest BCUT2D eigenvalue weighted by Crippen LogP contribution is 2.12. The normalized spacial score (nSPS) is 12.2. The molecule has 0 saturated carbocycles. The number of nitrogens with one attached hydrogen (secondary N) is 2. The van der Waals surface area contributed by atoms with E-state index in [-0.39, 0.29) is 0 Å². The van der Waals surface area contributed by atoms with E-state index >= 15 is 0 Å². The van der Waals surface area contributed by atoms with Gasteiger partial charge in [0.25, 0.3) is 5.56 Å². The number of rotatable bonds is 10. The first-order valence-corrected chi connectivity index (χ1v) is 10.3. The highest BCUT2D eigenvalue weighted by Gasteiger charge is 2.18. The Morgan fingerprint density at radius 2 is 1.97 bits per heavy atom. The fourth-order valence-electron chi connectivity index (χ4n) is 3.51. The van der Waals surface area contributed by atoms with Crippen LogP contribution in [-0.4, -0.2) is 32.8 Å². The second-order valence-electron chi connectivity index (χ2n) is 7.58. The van der Waals surface area contributed by atoms with Crippen molar-refractivity contribution in [2.75, 3.05) is 13.7 Å². The Labute approximate surface area is 175 Å². The lowest BCUT2D eigenvalue weighted by Gasteiger charge is -2.14. The molecule has 2 N–H and O–H groups in total. The van der Waals surface area contributed by atoms with Gasteiger partial charge in [-0.1, -0.05) is 26.0 Å². The number of aryl methyl sites for hydroxylation is 2. The van der Waals surface area contributed by atoms with Crippen molar-refractivity contribution in [1.29, 1.82) is 0 Å². The summed E-state index contributed by atoms with van der Waals surface area (Å²) in [4.78, 5) is 33.0. The summed E-state index contributed by atoms with van der Waals surface area (Å²) < 4.78 is 8.89. The Morgan fingerprint density at radius 3 is 2.63 bits per heavy atom. The molecule has 8 heteroatoms. The van der Waals surface area contributed by atoms with E-state index in [2.05, 4.69) is 30.5 Å². The third-order valence-corrected chi connectivity index (χ3v) is 5.10. The molecule has 1 aromatic carbocycles. The number of imidazole rings is 1. The van der Waals surface area contributed by atoms with Crippen LogP contribution in [0, 0.1) is 0 Å². The molecule has 30 heavy (non-hydrogen) atoms. The van der Waals surface area contributed by atoms with Crippen molar-refractivity contribution in [2.24, 2.45) is 7.05 Å². The first kappa shape index (κ1) is 21.6. The summed E-state index contributed by atoms with van der Waals surface area (Å²) in [6.07, 6.45) is 3.52. The average Bonchev–Trinajstić information content (AvgIpc) is 3.03. The Bertz CT molecular complexity index is 1120. The molecule has 8 nitrogen and oxygen atoms in total. The van der Waals surface area contributed by atoms with Gasteiger partial charge in [-0.3, -0.25) is 14.3 Å². The molecule has 0 amide bonds. The summed E-state index contributed by atoms with van der Waals surface area (Å²) in [5.74, 6) is 1.59. The molecule has 1 atom stereocenters. The van der Waals surface area contributed by atoms with Gasteiger partial charge < -0.3 is 14.2 Å². The standard InChI is InChI=1S/C22H29N5O3/c1-5-7-12-27-20-19(21(28)24-22(27)29)26(4)18(23-20)15-25(3)14-16-8-10-17(11-9-16)30-13-6-2/h6,8-11H,2,5,7,12-15H2,1,3-4H3,(H,24,28,29)/p+1. The summed E-state index contributed by atoms with van der Waals surface area (Å²) in [7, 11) is 3.91. The van der Waals surface area contributed by atoms with Crippen LogP contribution in [0.5, 0.6) is 5.75 Å². The number of hydrogen-bond acceptors (Lipinski definition) is 4. The van der Waals surface area contributed by atoms with E-state index in [0.717, 1.165) is 31.0 Å². The van der Waals surface area contributed by atoms with Gasteiger partial charge in [-0.15, -0.1) is 0 Å². The Balaban J connectivity index is 1.80. The lowest BCUT2D eigenvalue weighted by atomic mass is 10.2. The second-order valence-corrected chi connectivity index (χ2v) is 7.58. The molecule has 2 heterocycles. The van der Waals surface area contributed by atoms with E-state index in [9.17, 15) is 9.59 Å². The lowest BCUT2D eigenvalue weighted by molar-refractivity contribution is -0.908. The fraction of sp³-hybridized carbons (Fsp3) is 0.409. The number of H-pyrrole nitrogens is 1. The molecule has 0 aliphatic rings. The van der Waals surface area contributed by atoms with Crippen molar-refractivity contribution >= 4 is 11.2 Å². The maximum absolute atomic E-state index is 12.4. The molecule has 0 aliphatic carbocycles. The van der Waals surface area contributed by atoms with E-state index in [1.54, 1.807) is 15.2 Å². The zero-order valence-corrected chi connectivity index (χ0v) is 17.9. The zero-order chi connectivity index (χ0) is 21.7. The molecule has 0 aliphatic heterocycles. The zero-order valence-electron chi connectivity index (χ0n) is 17.9. The van der Waals surface area contributed by atoms with Crippen molar-refractivity contribution in [3.8, 4) is 5.75 Å². The number of nitrogens with zero attached hydrogens (tertiary/aromatic N) is 3. The van der Waals surface area contributed by atoms with Gasteiger partial charge in [-0.2, -0.15) is 0 Å². The molecule has 0 radical (unpaired) electrons. The maximum atomic E-state index is 12.4. The molecule has 2 aromatic heterocycles. The summed E-state index contributed by atoms with van der Waals surface area (Å²) in [5.41, 5.74) is 1.29. The minimum atomic E-state index is -0.398. The topological polar surface area (TPSA) is 86.4 Å². The molecule has 1 unspecified atom stereocenters. The Hall–Kier alpha value is -3.13. The Morgan fingerprint density at radius 1 is 1.23 bits per heavy atom. The van der Waals surface area contributed by atoms with E-state index in [1.807, 2.05) is 31.3 Å². The summed E-state index contributed by atoms with van der Waals surface area (Å²) >= 11 is 0. The number of aromatic amines is 1. The van der Waals surface area contributed by atoms with Gasteiger partial charge in [0.1, 0.15) is 25.4 Å². The molecular weight excluding hydrogens is 382 g/mol. The molecule has 160 valence electrons. The molecule has 0 fully saturated rings. The Kier molecular flexibility index (Phi) is 6.89. The number of quaternary nitrogens is 1. The summed E-state index contributed by atoms with van der Waals surface area (Å²) in [5, 5.41) is 0. The fourth-order valence-corrected chi connectivity index (χ4v) is 3.51. The second kappa shape index (κ2) is 9.58. The van der Waals surface area contributed by atoms with Crippen molar-refractivity contribution in [1.82, 2.24) is 19.1 Å². The minimum absolute atomic E-state index is 0.392. The smallest absolute Gasteiger partial charge is 0.330 e. The van der Waals surface area contributed by atoms with Crippen LogP contribution in [0.4, 0.5) is 0 Å². The maximum Gasteiger partial charge on any atom is 0.330 e. The van der Waals surface area contributed by atoms with Gasteiger partial charge in [0, 0.05) is 19.2 Å². The van der Waals surface area contributed by atoms with Gasteiger partial charge in [-0.25, -0.2) is 9.78 Å². The van der Waals surface area contributed by atoms with E-state index in [4.69, 9.17) is 4.74 Å². The first-order valence-electron chi connectivity index (χ1n) is 10.3. The number of benzene rings is 1. The summed E-state index contributed by atoms with van der Waals surface area (Å²) in [6, 6.07) is 7.99. The molecular formula is C22H30N5O3+. The van der Waals surface area contributed by atoms with E-state index in [1.165, 1.54) is 10.5 Å². The van der Waals surface area contributed by atoms with Crippen LogP contribution in [0.25, 0.3) is 11.2 Å². The lowest BCUT2D eigenvalue weighted by Crippen LogP contribution is -3.06. The quantitative estimate of drug-likeness (QED) is 0.487. The predicted molar refractivity (Wildman–Crippen MR) is 117 cm³/mol. The molecule has 0 bridgehead atoms. The number of fused-ring (bicyclic) bond motifs is 1. The first-order chi connectivity index (χ1) is 14.4. The van der Waals surface area contributed by atoms with Crippen LogP contribution in [0.1, 0.15) is 31.2 Å². The van der Waals surface area contributed by atoms with Crippen LogP contribution < -0.4 is 20.9 Å². The third-order valence-electron chi connectivity index (χ3n) is 5.10. The number of hydrogen-bond donors (Lipinski definition) is 2. The van der Waals surface area contributed by atoms with Crippen molar-refractivity contribution < 1.29 is 9.64 Å². The minimum Gasteiger partial charge on any atom is -0.490 e. The van der Waals surface area contributed by atoms with Crippen molar-refractivity contribution in [3.05, 3.63) is 69.1 Å². The number of ether oxygens (including phenoxy) is 1. The van der Waals surface area contributed by atoms with Crippen LogP contribution in [0.15, 0.2) is 46.5 Å². The largest absolute Gasteiger partial charge is 0.490 e. The van der Waals surface area contributed by atoms with Crippen LogP contribution in [0.3, 0.4) is 0 Å². The molecule has 3 rings (SSSR count). The third kappa shape index (κ3) is 4.71. The molecule has 0 spiro atoms. The number of unbranched alkanes of at least 4 members (excludes halogenated alkanes) is 1. The van der Waals surface area contributed by atoms with Crippen molar-refractivity contribution in [2.45, 2.75) is 39.4 Å². The highest BCUT2D eigenvalue weighted by molar-refractivity contribution is 5.70. The average molecular weight is 413 g/mol. The van der Waals surface area contributed by atoms with Gasteiger partial charge in [0.2, 0.25) is 0 Å². The van der Waals surface area contributed by atoms with E-state index < -0.39 is 11.2 Å². The van der Waals surface area contributed by atoms with E-state index in [0.29, 0.717) is 30.9 Å². The van der Waals surface area contributed by atoms with Crippen molar-refractivity contribution in [3.63, 3.8) is 0 Å². The van der Waals surface area contributed by atoms with Crippen LogP contribution in [-0.2, 0) is 26.7 Å². The molecule has 0 saturated heterocycles. The molecule has 3 aromatic rings. The number of aromatic nitrogens is 4.